The van der Waals surface area contributed by atoms with Gasteiger partial charge in [0.05, 0.1) is 0 Å². The van der Waals surface area contributed by atoms with Gasteiger partial charge in [0, 0.05) is 16.8 Å². The molecule has 0 fully saturated rings. The highest BCUT2D eigenvalue weighted by molar-refractivity contribution is 5.75. The van der Waals surface area contributed by atoms with E-state index in [-0.39, 0.29) is 11.1 Å². The Kier molecular flexibility index (Phi) is 3.55. The summed E-state index contributed by atoms with van der Waals surface area (Å²) >= 11 is 0. The topological polar surface area (TPSA) is 56.6 Å². The van der Waals surface area contributed by atoms with Gasteiger partial charge in [-0.3, -0.25) is 4.79 Å². The third kappa shape index (κ3) is 2.40. The molecule has 0 unspecified atom stereocenters. The molecule has 22 heavy (non-hydrogen) atoms. The zero-order valence-electron chi connectivity index (χ0n) is 11.5. The molecule has 4 heteroatoms. The van der Waals surface area contributed by atoms with Crippen LogP contribution >= 0.6 is 0 Å². The Morgan fingerprint density at radius 2 is 1.64 bits per heavy atom. The van der Waals surface area contributed by atoms with Gasteiger partial charge in [-0.1, -0.05) is 48.5 Å². The van der Waals surface area contributed by atoms with E-state index < -0.39 is 11.4 Å². The number of nitrogens with one attached hydrogen (secondary N) is 1. The Bertz CT molecular complexity index is 924. The molecule has 2 aromatic carbocycles. The number of hydrogen-bond donors (Lipinski definition) is 1. The van der Waals surface area contributed by atoms with Crippen molar-refractivity contribution >= 4 is 0 Å². The van der Waals surface area contributed by atoms with Crippen LogP contribution in [0.15, 0.2) is 65.5 Å². The molecular weight excluding hydrogens is 279 g/mol. The van der Waals surface area contributed by atoms with Crippen molar-refractivity contribution in [3.05, 3.63) is 82.4 Å². The summed E-state index contributed by atoms with van der Waals surface area (Å²) in [6, 6.07) is 18.8. The zero-order valence-corrected chi connectivity index (χ0v) is 11.5. The van der Waals surface area contributed by atoms with E-state index in [0.29, 0.717) is 11.3 Å². The molecule has 1 N–H and O–H groups in total. The molecule has 1 aromatic heterocycles. The van der Waals surface area contributed by atoms with Gasteiger partial charge in [0.15, 0.2) is 0 Å². The lowest BCUT2D eigenvalue weighted by Gasteiger charge is -2.08. The van der Waals surface area contributed by atoms with Gasteiger partial charge in [-0.05, 0) is 17.7 Å². The van der Waals surface area contributed by atoms with E-state index >= 15 is 0 Å². The molecule has 0 spiro atoms. The molecule has 0 amide bonds. The van der Waals surface area contributed by atoms with Crippen LogP contribution in [0.5, 0.6) is 0 Å². The highest BCUT2D eigenvalue weighted by Gasteiger charge is 2.14. The fourth-order valence-electron chi connectivity index (χ4n) is 2.34. The number of H-pyrrole nitrogens is 1. The number of nitriles is 1. The second-order valence-electron chi connectivity index (χ2n) is 4.76. The summed E-state index contributed by atoms with van der Waals surface area (Å²) in [7, 11) is 0. The Hall–Kier alpha value is -3.19. The van der Waals surface area contributed by atoms with Crippen molar-refractivity contribution in [2.24, 2.45) is 0 Å². The number of hydrogen-bond acceptors (Lipinski definition) is 2. The highest BCUT2D eigenvalue weighted by Crippen LogP contribution is 2.27. The SMILES string of the molecule is N#Cc1c(-c2ccccc2F)cc(-c2ccccc2)[nH]c1=O. The highest BCUT2D eigenvalue weighted by atomic mass is 19.1. The molecule has 0 radical (unpaired) electrons. The minimum atomic E-state index is -0.526. The number of nitrogens with zero attached hydrogens (tertiary/aromatic N) is 1. The number of aromatic amines is 1. The van der Waals surface area contributed by atoms with E-state index in [1.54, 1.807) is 24.3 Å². The summed E-state index contributed by atoms with van der Waals surface area (Å²) in [4.78, 5) is 14.8. The third-order valence-electron chi connectivity index (χ3n) is 3.39. The molecule has 3 aromatic rings. The second-order valence-corrected chi connectivity index (χ2v) is 4.76. The molecule has 3 nitrogen and oxygen atoms in total. The molecule has 0 aliphatic carbocycles. The Balaban J connectivity index is 2.30. The predicted octanol–water partition coefficient (Wildman–Crippen LogP) is 3.72. The number of pyridine rings is 1. The molecule has 3 rings (SSSR count). The van der Waals surface area contributed by atoms with Crippen molar-refractivity contribution in [2.75, 3.05) is 0 Å². The van der Waals surface area contributed by atoms with Crippen molar-refractivity contribution < 1.29 is 4.39 Å². The minimum Gasteiger partial charge on any atom is -0.321 e. The second kappa shape index (κ2) is 5.66. The first-order valence-corrected chi connectivity index (χ1v) is 6.68. The lowest BCUT2D eigenvalue weighted by molar-refractivity contribution is 0.631. The molecular formula is C18H11FN2O. The number of rotatable bonds is 2. The molecule has 0 bridgehead atoms. The summed E-state index contributed by atoms with van der Waals surface area (Å²) in [5.74, 6) is -0.469. The van der Waals surface area contributed by atoms with Gasteiger partial charge in [0.2, 0.25) is 0 Å². The van der Waals surface area contributed by atoms with Crippen molar-refractivity contribution in [3.63, 3.8) is 0 Å². The van der Waals surface area contributed by atoms with Gasteiger partial charge in [0.25, 0.3) is 5.56 Å². The molecule has 106 valence electrons. The summed E-state index contributed by atoms with van der Waals surface area (Å²) in [6.45, 7) is 0. The Morgan fingerprint density at radius 1 is 0.955 bits per heavy atom. The first kappa shape index (κ1) is 13.8. The van der Waals surface area contributed by atoms with Crippen LogP contribution in [-0.2, 0) is 0 Å². The van der Waals surface area contributed by atoms with Crippen molar-refractivity contribution in [2.45, 2.75) is 0 Å². The van der Waals surface area contributed by atoms with Gasteiger partial charge in [-0.2, -0.15) is 5.26 Å². The molecule has 0 aliphatic heterocycles. The number of benzene rings is 2. The molecule has 0 atom stereocenters. The van der Waals surface area contributed by atoms with Gasteiger partial charge in [0.1, 0.15) is 17.4 Å². The zero-order chi connectivity index (χ0) is 15.5. The standard InChI is InChI=1S/C18H11FN2O/c19-16-9-5-4-8-13(16)14-10-17(12-6-2-1-3-7-12)21-18(22)15(14)11-20/h1-10H,(H,21,22). The van der Waals surface area contributed by atoms with Crippen LogP contribution in [0, 0.1) is 17.1 Å². The number of halogens is 1. The van der Waals surface area contributed by atoms with Crippen molar-refractivity contribution in [1.29, 1.82) is 5.26 Å². The van der Waals surface area contributed by atoms with E-state index in [0.717, 1.165) is 5.56 Å². The quantitative estimate of drug-likeness (QED) is 0.782. The summed E-state index contributed by atoms with van der Waals surface area (Å²) in [5.41, 5.74) is 1.25. The minimum absolute atomic E-state index is 0.0928. The van der Waals surface area contributed by atoms with Crippen LogP contribution in [0.4, 0.5) is 4.39 Å². The molecule has 0 saturated heterocycles. The molecule has 0 saturated carbocycles. The van der Waals surface area contributed by atoms with Crippen LogP contribution in [-0.4, -0.2) is 4.98 Å². The molecule has 0 aliphatic rings. The average Bonchev–Trinajstić information content (AvgIpc) is 2.55. The predicted molar refractivity (Wildman–Crippen MR) is 82.6 cm³/mol. The first-order chi connectivity index (χ1) is 10.7. The van der Waals surface area contributed by atoms with Crippen molar-refractivity contribution in [1.82, 2.24) is 4.98 Å². The van der Waals surface area contributed by atoms with Crippen molar-refractivity contribution in [3.8, 4) is 28.5 Å². The van der Waals surface area contributed by atoms with Gasteiger partial charge in [-0.15, -0.1) is 0 Å². The van der Waals surface area contributed by atoms with Crippen LogP contribution < -0.4 is 5.56 Å². The largest absolute Gasteiger partial charge is 0.321 e. The van der Waals surface area contributed by atoms with Gasteiger partial charge >= 0.3 is 0 Å². The van der Waals surface area contributed by atoms with E-state index in [4.69, 9.17) is 0 Å². The maximum Gasteiger partial charge on any atom is 0.266 e. The Labute approximate surface area is 126 Å². The lowest BCUT2D eigenvalue weighted by atomic mass is 9.99. The van der Waals surface area contributed by atoms with Gasteiger partial charge in [-0.25, -0.2) is 4.39 Å². The van der Waals surface area contributed by atoms with E-state index in [1.807, 2.05) is 36.4 Å². The molecule has 1 heterocycles. The average molecular weight is 290 g/mol. The summed E-state index contributed by atoms with van der Waals surface area (Å²) in [6.07, 6.45) is 0. The fraction of sp³-hybridized carbons (Fsp3) is 0. The van der Waals surface area contributed by atoms with E-state index in [9.17, 15) is 14.4 Å². The van der Waals surface area contributed by atoms with E-state index in [2.05, 4.69) is 4.98 Å². The maximum absolute atomic E-state index is 14.0. The fourth-order valence-corrected chi connectivity index (χ4v) is 2.34. The van der Waals surface area contributed by atoms with E-state index in [1.165, 1.54) is 6.07 Å². The summed E-state index contributed by atoms with van der Waals surface area (Å²) < 4.78 is 14.0. The van der Waals surface area contributed by atoms with Crippen LogP contribution in [0.3, 0.4) is 0 Å². The third-order valence-corrected chi connectivity index (χ3v) is 3.39. The van der Waals surface area contributed by atoms with Crippen LogP contribution in [0.1, 0.15) is 5.56 Å². The Morgan fingerprint density at radius 3 is 2.32 bits per heavy atom. The van der Waals surface area contributed by atoms with Gasteiger partial charge < -0.3 is 4.98 Å². The summed E-state index contributed by atoms with van der Waals surface area (Å²) in [5, 5.41) is 9.22. The number of aromatic nitrogens is 1. The van der Waals surface area contributed by atoms with Crippen LogP contribution in [0.2, 0.25) is 0 Å². The maximum atomic E-state index is 14.0. The first-order valence-electron chi connectivity index (χ1n) is 6.68. The van der Waals surface area contributed by atoms with Crippen LogP contribution in [0.25, 0.3) is 22.4 Å². The normalized spacial score (nSPS) is 10.2. The smallest absolute Gasteiger partial charge is 0.266 e. The monoisotopic (exact) mass is 290 g/mol. The lowest BCUT2D eigenvalue weighted by Crippen LogP contribution is -2.13.